The van der Waals surface area contributed by atoms with Crippen LogP contribution in [-0.2, 0) is 14.3 Å². The average Bonchev–Trinajstić information content (AvgIpc) is 2.55. The van der Waals surface area contributed by atoms with Crippen LogP contribution in [-0.4, -0.2) is 30.6 Å². The maximum absolute atomic E-state index is 11.3. The number of amides is 2. The molecule has 5 heteroatoms. The second-order valence-electron chi connectivity index (χ2n) is 3.13. The van der Waals surface area contributed by atoms with Gasteiger partial charge in [0.25, 0.3) is 0 Å². The molecular weight excluding hydrogens is 172 g/mol. The zero-order valence-corrected chi connectivity index (χ0v) is 7.58. The SMILES string of the molecule is C[C@@H](NC(=O)[C@H]1CCCO1)C(N)=O. The summed E-state index contributed by atoms with van der Waals surface area (Å²) in [5, 5.41) is 2.48. The summed E-state index contributed by atoms with van der Waals surface area (Å²) in [5.74, 6) is -0.782. The third-order valence-corrected chi connectivity index (χ3v) is 2.01. The molecule has 0 aromatic carbocycles. The number of nitrogens with one attached hydrogen (secondary N) is 1. The van der Waals surface area contributed by atoms with Crippen LogP contribution >= 0.6 is 0 Å². The van der Waals surface area contributed by atoms with E-state index in [4.69, 9.17) is 10.5 Å². The molecule has 1 saturated heterocycles. The normalized spacial score (nSPS) is 23.9. The molecule has 5 nitrogen and oxygen atoms in total. The van der Waals surface area contributed by atoms with E-state index in [1.54, 1.807) is 6.92 Å². The number of hydrogen-bond donors (Lipinski definition) is 2. The lowest BCUT2D eigenvalue weighted by Gasteiger charge is -2.13. The highest BCUT2D eigenvalue weighted by atomic mass is 16.5. The van der Waals surface area contributed by atoms with E-state index >= 15 is 0 Å². The lowest BCUT2D eigenvalue weighted by atomic mass is 10.2. The van der Waals surface area contributed by atoms with Crippen molar-refractivity contribution in [2.24, 2.45) is 5.73 Å². The van der Waals surface area contributed by atoms with Gasteiger partial charge >= 0.3 is 0 Å². The van der Waals surface area contributed by atoms with Crippen molar-refractivity contribution in [1.29, 1.82) is 0 Å². The van der Waals surface area contributed by atoms with E-state index in [0.29, 0.717) is 6.61 Å². The van der Waals surface area contributed by atoms with Gasteiger partial charge in [-0.15, -0.1) is 0 Å². The van der Waals surface area contributed by atoms with Crippen molar-refractivity contribution in [1.82, 2.24) is 5.32 Å². The molecule has 1 rings (SSSR count). The van der Waals surface area contributed by atoms with Gasteiger partial charge in [-0.2, -0.15) is 0 Å². The zero-order valence-electron chi connectivity index (χ0n) is 7.58. The Kier molecular flexibility index (Phi) is 3.25. The first-order valence-electron chi connectivity index (χ1n) is 4.32. The predicted molar refractivity (Wildman–Crippen MR) is 45.8 cm³/mol. The monoisotopic (exact) mass is 186 g/mol. The third kappa shape index (κ3) is 2.69. The van der Waals surface area contributed by atoms with Gasteiger partial charge in [-0.3, -0.25) is 9.59 Å². The van der Waals surface area contributed by atoms with E-state index in [0.717, 1.165) is 12.8 Å². The minimum atomic E-state index is -0.628. The number of primary amides is 1. The summed E-state index contributed by atoms with van der Waals surface area (Å²) in [7, 11) is 0. The molecule has 1 aliphatic heterocycles. The number of rotatable bonds is 3. The van der Waals surface area contributed by atoms with Crippen molar-refractivity contribution in [2.75, 3.05) is 6.61 Å². The van der Waals surface area contributed by atoms with Gasteiger partial charge in [0.2, 0.25) is 11.8 Å². The van der Waals surface area contributed by atoms with Gasteiger partial charge in [0, 0.05) is 6.61 Å². The van der Waals surface area contributed by atoms with Crippen molar-refractivity contribution < 1.29 is 14.3 Å². The lowest BCUT2D eigenvalue weighted by molar-refractivity contribution is -0.133. The van der Waals surface area contributed by atoms with Crippen molar-refractivity contribution in [2.45, 2.75) is 31.9 Å². The van der Waals surface area contributed by atoms with Gasteiger partial charge in [-0.25, -0.2) is 0 Å². The molecule has 0 aliphatic carbocycles. The number of hydrogen-bond acceptors (Lipinski definition) is 3. The average molecular weight is 186 g/mol. The van der Waals surface area contributed by atoms with E-state index < -0.39 is 18.1 Å². The molecule has 2 atom stereocenters. The quantitative estimate of drug-likeness (QED) is 0.602. The van der Waals surface area contributed by atoms with Gasteiger partial charge in [-0.1, -0.05) is 0 Å². The van der Waals surface area contributed by atoms with Crippen LogP contribution in [0.2, 0.25) is 0 Å². The topological polar surface area (TPSA) is 81.4 Å². The Morgan fingerprint density at radius 1 is 1.62 bits per heavy atom. The van der Waals surface area contributed by atoms with Crippen molar-refractivity contribution in [3.8, 4) is 0 Å². The van der Waals surface area contributed by atoms with Crippen LogP contribution in [0.15, 0.2) is 0 Å². The molecule has 0 radical (unpaired) electrons. The van der Waals surface area contributed by atoms with Crippen LogP contribution in [0.3, 0.4) is 0 Å². The Morgan fingerprint density at radius 2 is 2.31 bits per heavy atom. The molecule has 1 aliphatic rings. The van der Waals surface area contributed by atoms with Crippen LogP contribution in [0.4, 0.5) is 0 Å². The molecule has 0 aromatic rings. The van der Waals surface area contributed by atoms with Gasteiger partial charge in [0.15, 0.2) is 0 Å². The van der Waals surface area contributed by atoms with Gasteiger partial charge in [0.1, 0.15) is 12.1 Å². The van der Waals surface area contributed by atoms with Gasteiger partial charge < -0.3 is 15.8 Å². The number of nitrogens with two attached hydrogens (primary N) is 1. The molecule has 0 bridgehead atoms. The Morgan fingerprint density at radius 3 is 2.77 bits per heavy atom. The zero-order chi connectivity index (χ0) is 9.84. The second kappa shape index (κ2) is 4.23. The third-order valence-electron chi connectivity index (χ3n) is 2.01. The molecule has 1 heterocycles. The highest BCUT2D eigenvalue weighted by Gasteiger charge is 2.25. The first-order valence-corrected chi connectivity index (χ1v) is 4.32. The van der Waals surface area contributed by atoms with Crippen LogP contribution in [0.5, 0.6) is 0 Å². The molecule has 0 saturated carbocycles. The summed E-state index contributed by atoms with van der Waals surface area (Å²) < 4.78 is 5.13. The van der Waals surface area contributed by atoms with Crippen LogP contribution < -0.4 is 11.1 Å². The fourth-order valence-electron chi connectivity index (χ4n) is 1.16. The van der Waals surface area contributed by atoms with Crippen molar-refractivity contribution in [3.05, 3.63) is 0 Å². The fraction of sp³-hybridized carbons (Fsp3) is 0.750. The van der Waals surface area contributed by atoms with Crippen molar-refractivity contribution in [3.63, 3.8) is 0 Å². The Labute approximate surface area is 76.6 Å². The van der Waals surface area contributed by atoms with Crippen LogP contribution in [0.25, 0.3) is 0 Å². The Balaban J connectivity index is 2.35. The van der Waals surface area contributed by atoms with Crippen molar-refractivity contribution >= 4 is 11.8 Å². The van der Waals surface area contributed by atoms with E-state index in [9.17, 15) is 9.59 Å². The highest BCUT2D eigenvalue weighted by molar-refractivity contribution is 5.88. The minimum absolute atomic E-state index is 0.246. The first-order chi connectivity index (χ1) is 6.11. The second-order valence-corrected chi connectivity index (χ2v) is 3.13. The van der Waals surface area contributed by atoms with E-state index in [1.807, 2.05) is 0 Å². The van der Waals surface area contributed by atoms with E-state index in [1.165, 1.54) is 0 Å². The van der Waals surface area contributed by atoms with Gasteiger partial charge in [0.05, 0.1) is 0 Å². The molecule has 3 N–H and O–H groups in total. The summed E-state index contributed by atoms with van der Waals surface area (Å²) >= 11 is 0. The molecule has 13 heavy (non-hydrogen) atoms. The highest BCUT2D eigenvalue weighted by Crippen LogP contribution is 2.11. The van der Waals surface area contributed by atoms with Gasteiger partial charge in [-0.05, 0) is 19.8 Å². The maximum atomic E-state index is 11.3. The first kappa shape index (κ1) is 9.98. The molecule has 1 fully saturated rings. The van der Waals surface area contributed by atoms with E-state index in [-0.39, 0.29) is 5.91 Å². The number of carbonyl (C=O) groups excluding carboxylic acids is 2. The smallest absolute Gasteiger partial charge is 0.249 e. The minimum Gasteiger partial charge on any atom is -0.368 e. The standard InChI is InChI=1S/C8H14N2O3/c1-5(7(9)11)10-8(12)6-3-2-4-13-6/h5-6H,2-4H2,1H3,(H2,9,11)(H,10,12)/t5-,6-/m1/s1. The summed E-state index contributed by atoms with van der Waals surface area (Å²) in [6, 6.07) is -0.628. The summed E-state index contributed by atoms with van der Waals surface area (Å²) in [5.41, 5.74) is 4.99. The Bertz CT molecular complexity index is 211. The number of carbonyl (C=O) groups is 2. The van der Waals surface area contributed by atoms with E-state index in [2.05, 4.69) is 5.32 Å². The molecule has 0 unspecified atom stereocenters. The number of ether oxygens (including phenoxy) is 1. The summed E-state index contributed by atoms with van der Waals surface area (Å²) in [6.45, 7) is 2.16. The molecule has 74 valence electrons. The molecule has 2 amide bonds. The maximum Gasteiger partial charge on any atom is 0.249 e. The summed E-state index contributed by atoms with van der Waals surface area (Å²) in [4.78, 5) is 21.9. The van der Waals surface area contributed by atoms with Crippen LogP contribution in [0, 0.1) is 0 Å². The largest absolute Gasteiger partial charge is 0.368 e. The lowest BCUT2D eigenvalue weighted by Crippen LogP contribution is -2.46. The summed E-state index contributed by atoms with van der Waals surface area (Å²) in [6.07, 6.45) is 1.21. The molecular formula is C8H14N2O3. The van der Waals surface area contributed by atoms with Crippen LogP contribution in [0.1, 0.15) is 19.8 Å². The molecule has 0 aromatic heterocycles. The fourth-order valence-corrected chi connectivity index (χ4v) is 1.16. The molecule has 0 spiro atoms. The predicted octanol–water partition coefficient (Wildman–Crippen LogP) is -0.845. The Hall–Kier alpha value is -1.10.